The maximum atomic E-state index is 12.9. The average Bonchev–Trinajstić information content (AvgIpc) is 3.12. The van der Waals surface area contributed by atoms with Gasteiger partial charge in [-0.05, 0) is 54.6 Å². The van der Waals surface area contributed by atoms with Gasteiger partial charge in [0, 0.05) is 13.1 Å². The lowest BCUT2D eigenvalue weighted by Gasteiger charge is -2.28. The Morgan fingerprint density at radius 2 is 1.78 bits per heavy atom. The molecule has 0 bridgehead atoms. The Hall–Kier alpha value is -3.35. The first-order valence-corrected chi connectivity index (χ1v) is 13.2. The van der Waals surface area contributed by atoms with Crippen LogP contribution in [-0.2, 0) is 24.4 Å². The van der Waals surface area contributed by atoms with Crippen LogP contribution in [0.3, 0.4) is 0 Å². The van der Waals surface area contributed by atoms with E-state index in [2.05, 4.69) is 0 Å². The molecular weight excluding hydrogens is 508 g/mol. The number of thioether (sulfide) groups is 1. The summed E-state index contributed by atoms with van der Waals surface area (Å²) in [6.07, 6.45) is 1.44. The zero-order chi connectivity index (χ0) is 25.9. The summed E-state index contributed by atoms with van der Waals surface area (Å²) >= 11 is 0.705. The summed E-state index contributed by atoms with van der Waals surface area (Å²) < 4.78 is 41.3. The van der Waals surface area contributed by atoms with Gasteiger partial charge in [-0.25, -0.2) is 0 Å². The van der Waals surface area contributed by atoms with E-state index in [9.17, 15) is 22.8 Å². The molecule has 2 aromatic rings. The minimum absolute atomic E-state index is 0.0217. The van der Waals surface area contributed by atoms with Gasteiger partial charge in [-0.1, -0.05) is 23.8 Å². The fraction of sp³-hybridized carbons (Fsp3) is 0.292. The second kappa shape index (κ2) is 10.7. The molecular formula is C24H24N2O8S2. The number of morpholine rings is 1. The standard InChI is InChI=1S/C24H24N2O8S2/c1-16-3-6-18(7-4-16)36(30,31)34-20-13-17(5-8-19(20)32-2)14-21-23(28)26(24(29)35-21)15-22(27)25-9-11-33-12-10-25/h3-8,13-14H,9-12,15H2,1-2H3/b21-14-. The predicted octanol–water partition coefficient (Wildman–Crippen LogP) is 2.67. The SMILES string of the molecule is COc1ccc(/C=C2\SC(=O)N(CC(=O)N3CCOCC3)C2=O)cc1OS(=O)(=O)c1ccc(C)cc1. The van der Waals surface area contributed by atoms with Gasteiger partial charge in [0.2, 0.25) is 5.91 Å². The molecule has 0 aromatic heterocycles. The molecule has 36 heavy (non-hydrogen) atoms. The topological polar surface area (TPSA) is 120 Å². The molecule has 190 valence electrons. The van der Waals surface area contributed by atoms with Crippen molar-refractivity contribution in [2.24, 2.45) is 0 Å². The molecule has 10 nitrogen and oxygen atoms in total. The van der Waals surface area contributed by atoms with E-state index in [0.29, 0.717) is 43.6 Å². The van der Waals surface area contributed by atoms with E-state index in [-0.39, 0.29) is 33.8 Å². The number of methoxy groups -OCH3 is 1. The van der Waals surface area contributed by atoms with Crippen molar-refractivity contribution < 1.29 is 36.5 Å². The van der Waals surface area contributed by atoms with Crippen molar-refractivity contribution in [3.63, 3.8) is 0 Å². The Balaban J connectivity index is 1.54. The van der Waals surface area contributed by atoms with E-state index in [1.165, 1.54) is 37.5 Å². The summed E-state index contributed by atoms with van der Waals surface area (Å²) in [7, 11) is -2.77. The largest absolute Gasteiger partial charge is 0.493 e. The summed E-state index contributed by atoms with van der Waals surface area (Å²) in [6, 6.07) is 10.7. The first kappa shape index (κ1) is 25.7. The highest BCUT2D eigenvalue weighted by atomic mass is 32.2. The minimum atomic E-state index is -4.15. The summed E-state index contributed by atoms with van der Waals surface area (Å²) in [5.74, 6) is -0.832. The van der Waals surface area contributed by atoms with Gasteiger partial charge in [0.15, 0.2) is 11.5 Å². The molecule has 0 atom stereocenters. The Bertz CT molecular complexity index is 1320. The molecule has 0 N–H and O–H groups in total. The monoisotopic (exact) mass is 532 g/mol. The molecule has 4 rings (SSSR count). The smallest absolute Gasteiger partial charge is 0.339 e. The van der Waals surface area contributed by atoms with E-state index < -0.39 is 21.3 Å². The number of rotatable bonds is 7. The molecule has 0 unspecified atom stereocenters. The second-order valence-corrected chi connectivity index (χ2v) is 10.6. The lowest BCUT2D eigenvalue weighted by atomic mass is 10.2. The van der Waals surface area contributed by atoms with Crippen molar-refractivity contribution in [1.29, 1.82) is 0 Å². The first-order chi connectivity index (χ1) is 17.2. The van der Waals surface area contributed by atoms with Crippen LogP contribution < -0.4 is 8.92 Å². The molecule has 0 radical (unpaired) electrons. The van der Waals surface area contributed by atoms with Crippen molar-refractivity contribution in [3.05, 3.63) is 58.5 Å². The predicted molar refractivity (Wildman–Crippen MR) is 132 cm³/mol. The van der Waals surface area contributed by atoms with Crippen molar-refractivity contribution in [1.82, 2.24) is 9.80 Å². The van der Waals surface area contributed by atoms with Gasteiger partial charge in [0.25, 0.3) is 11.1 Å². The molecule has 0 aliphatic carbocycles. The number of benzene rings is 2. The maximum Gasteiger partial charge on any atom is 0.339 e. The van der Waals surface area contributed by atoms with Crippen molar-refractivity contribution in [3.8, 4) is 11.5 Å². The lowest BCUT2D eigenvalue weighted by Crippen LogP contribution is -2.46. The van der Waals surface area contributed by atoms with Gasteiger partial charge in [-0.15, -0.1) is 0 Å². The summed E-state index contributed by atoms with van der Waals surface area (Å²) in [6.45, 7) is 3.12. The van der Waals surface area contributed by atoms with E-state index in [1.807, 2.05) is 6.92 Å². The number of nitrogens with zero attached hydrogens (tertiary/aromatic N) is 2. The number of carbonyl (C=O) groups excluding carboxylic acids is 3. The third kappa shape index (κ3) is 5.72. The second-order valence-electron chi connectivity index (χ2n) is 8.02. The quantitative estimate of drug-likeness (QED) is 0.392. The molecule has 0 saturated carbocycles. The molecule has 2 aliphatic rings. The van der Waals surface area contributed by atoms with Crippen LogP contribution in [0.1, 0.15) is 11.1 Å². The van der Waals surface area contributed by atoms with Gasteiger partial charge in [0.1, 0.15) is 11.4 Å². The number of imide groups is 1. The maximum absolute atomic E-state index is 12.9. The van der Waals surface area contributed by atoms with Gasteiger partial charge in [-0.2, -0.15) is 8.42 Å². The Labute approximate surface area is 212 Å². The van der Waals surface area contributed by atoms with Crippen LogP contribution in [0.15, 0.2) is 52.3 Å². The molecule has 3 amide bonds. The summed E-state index contributed by atoms with van der Waals surface area (Å²) in [4.78, 5) is 40.3. The van der Waals surface area contributed by atoms with E-state index in [0.717, 1.165) is 10.5 Å². The summed E-state index contributed by atoms with van der Waals surface area (Å²) in [5, 5.41) is -0.556. The van der Waals surface area contributed by atoms with Crippen molar-refractivity contribution in [2.45, 2.75) is 11.8 Å². The first-order valence-electron chi connectivity index (χ1n) is 11.0. The van der Waals surface area contributed by atoms with Gasteiger partial charge in [-0.3, -0.25) is 19.3 Å². The van der Waals surface area contributed by atoms with Crippen molar-refractivity contribution in [2.75, 3.05) is 40.0 Å². The lowest BCUT2D eigenvalue weighted by molar-refractivity contribution is -0.139. The molecule has 2 aliphatic heterocycles. The third-order valence-electron chi connectivity index (χ3n) is 5.53. The third-order valence-corrected chi connectivity index (χ3v) is 7.68. The normalized spacial score (nSPS) is 17.6. The van der Waals surface area contributed by atoms with Gasteiger partial charge < -0.3 is 18.6 Å². The zero-order valence-electron chi connectivity index (χ0n) is 19.6. The number of aryl methyl sites for hydroxylation is 1. The Kier molecular flexibility index (Phi) is 7.67. The highest BCUT2D eigenvalue weighted by Gasteiger charge is 2.37. The van der Waals surface area contributed by atoms with Crippen LogP contribution >= 0.6 is 11.8 Å². The van der Waals surface area contributed by atoms with Crippen LogP contribution in [-0.4, -0.2) is 75.2 Å². The van der Waals surface area contributed by atoms with Crippen LogP contribution in [0.25, 0.3) is 6.08 Å². The molecule has 2 fully saturated rings. The van der Waals surface area contributed by atoms with E-state index in [4.69, 9.17) is 13.7 Å². The fourth-order valence-electron chi connectivity index (χ4n) is 3.56. The number of ether oxygens (including phenoxy) is 2. The number of hydrogen-bond donors (Lipinski definition) is 0. The highest BCUT2D eigenvalue weighted by Crippen LogP contribution is 2.35. The molecule has 2 heterocycles. The molecule has 0 spiro atoms. The Morgan fingerprint density at radius 3 is 2.44 bits per heavy atom. The number of hydrogen-bond acceptors (Lipinski definition) is 9. The number of carbonyl (C=O) groups is 3. The molecule has 2 saturated heterocycles. The fourth-order valence-corrected chi connectivity index (χ4v) is 5.33. The molecule has 2 aromatic carbocycles. The van der Waals surface area contributed by atoms with Gasteiger partial charge in [0.05, 0.1) is 25.2 Å². The Morgan fingerprint density at radius 1 is 1.08 bits per heavy atom. The van der Waals surface area contributed by atoms with Gasteiger partial charge >= 0.3 is 10.1 Å². The van der Waals surface area contributed by atoms with Crippen LogP contribution in [0.5, 0.6) is 11.5 Å². The van der Waals surface area contributed by atoms with E-state index >= 15 is 0 Å². The van der Waals surface area contributed by atoms with Crippen LogP contribution in [0.4, 0.5) is 4.79 Å². The highest BCUT2D eigenvalue weighted by molar-refractivity contribution is 8.18. The van der Waals surface area contributed by atoms with E-state index in [1.54, 1.807) is 23.1 Å². The minimum Gasteiger partial charge on any atom is -0.493 e. The average molecular weight is 533 g/mol. The number of amides is 3. The van der Waals surface area contributed by atoms with Crippen LogP contribution in [0.2, 0.25) is 0 Å². The summed E-state index contributed by atoms with van der Waals surface area (Å²) in [5.41, 5.74) is 1.31. The zero-order valence-corrected chi connectivity index (χ0v) is 21.3. The molecule has 12 heteroatoms. The van der Waals surface area contributed by atoms with Crippen LogP contribution in [0, 0.1) is 6.92 Å². The van der Waals surface area contributed by atoms with Crippen molar-refractivity contribution >= 4 is 45.0 Å².